The van der Waals surface area contributed by atoms with E-state index in [-0.39, 0.29) is 5.69 Å². The Morgan fingerprint density at radius 1 is 1.09 bits per heavy atom. The van der Waals surface area contributed by atoms with Crippen LogP contribution in [0, 0.1) is 10.1 Å². The maximum absolute atomic E-state index is 10.3. The van der Waals surface area contributed by atoms with Gasteiger partial charge < -0.3 is 10.3 Å². The molecule has 2 aromatic carbocycles. The lowest BCUT2D eigenvalue weighted by atomic mass is 10.2. The van der Waals surface area contributed by atoms with E-state index in [1.807, 2.05) is 43.3 Å². The van der Waals surface area contributed by atoms with Crippen molar-refractivity contribution in [2.45, 2.75) is 0 Å². The molecule has 2 aromatic rings. The number of hydrazine groups is 1. The average molecular weight is 302 g/mol. The van der Waals surface area contributed by atoms with E-state index < -0.39 is 4.92 Å². The van der Waals surface area contributed by atoms with Crippen LogP contribution >= 0.6 is 0 Å². The monoisotopic (exact) mass is 302 g/mol. The van der Waals surface area contributed by atoms with Gasteiger partial charge in [-0.05, 0) is 36.4 Å². The Hall–Kier alpha value is -2.93. The van der Waals surface area contributed by atoms with Crippen LogP contribution < -0.4 is 16.2 Å². The smallest absolute Gasteiger partial charge is 0.269 e. The molecule has 22 heavy (non-hydrogen) atoms. The maximum Gasteiger partial charge on any atom is 0.269 e. The van der Waals surface area contributed by atoms with Gasteiger partial charge in [0.1, 0.15) is 6.29 Å². The number of non-ortho nitro benzene ring substituents is 1. The number of nitro benzene ring substituents is 1. The Kier molecular flexibility index (Phi) is 6.52. The van der Waals surface area contributed by atoms with Crippen LogP contribution in [-0.2, 0) is 0 Å². The molecule has 0 unspecified atom stereocenters. The second-order valence-corrected chi connectivity index (χ2v) is 4.55. The molecule has 0 saturated carbocycles. The van der Waals surface area contributed by atoms with Gasteiger partial charge in [-0.3, -0.25) is 20.8 Å². The second kappa shape index (κ2) is 8.38. The first kappa shape index (κ1) is 17.1. The van der Waals surface area contributed by atoms with Crippen molar-refractivity contribution >= 4 is 23.3 Å². The summed E-state index contributed by atoms with van der Waals surface area (Å²) >= 11 is 0. The van der Waals surface area contributed by atoms with E-state index in [4.69, 9.17) is 5.84 Å². The fraction of sp³-hybridized carbons (Fsp3) is 0.133. The molecule has 0 amide bonds. The summed E-state index contributed by atoms with van der Waals surface area (Å²) in [4.78, 5) is 22.0. The van der Waals surface area contributed by atoms with Crippen molar-refractivity contribution in [2.75, 3.05) is 24.4 Å². The van der Waals surface area contributed by atoms with Crippen LogP contribution in [0.4, 0.5) is 17.1 Å². The van der Waals surface area contributed by atoms with Gasteiger partial charge in [-0.25, -0.2) is 0 Å². The van der Waals surface area contributed by atoms with Gasteiger partial charge in [0, 0.05) is 43.2 Å². The zero-order valence-electron chi connectivity index (χ0n) is 12.4. The minimum atomic E-state index is -0.458. The molecule has 3 N–H and O–H groups in total. The normalized spacial score (nSPS) is 9.23. The number of nitro groups is 1. The molecule has 0 aliphatic rings. The number of aldehydes is 1. The minimum Gasteiger partial charge on any atom is -0.378 e. The van der Waals surface area contributed by atoms with Gasteiger partial charge in [0.05, 0.1) is 4.92 Å². The van der Waals surface area contributed by atoms with Crippen molar-refractivity contribution < 1.29 is 9.72 Å². The van der Waals surface area contributed by atoms with Crippen molar-refractivity contribution in [3.8, 4) is 0 Å². The number of benzene rings is 2. The number of rotatable bonds is 4. The quantitative estimate of drug-likeness (QED) is 0.389. The Balaban J connectivity index is 0.000000220. The zero-order valence-corrected chi connectivity index (χ0v) is 12.4. The average Bonchev–Trinajstić information content (AvgIpc) is 2.55. The van der Waals surface area contributed by atoms with Crippen LogP contribution in [0.3, 0.4) is 0 Å². The molecular weight excluding hydrogens is 284 g/mol. The highest BCUT2D eigenvalue weighted by molar-refractivity contribution is 5.75. The molecule has 7 nitrogen and oxygen atoms in total. The molecule has 0 fully saturated rings. The number of nitrogens with one attached hydrogen (secondary N) is 1. The van der Waals surface area contributed by atoms with Crippen LogP contribution in [0.5, 0.6) is 0 Å². The molecule has 0 spiro atoms. The number of nitrogens with two attached hydrogens (primary N) is 1. The van der Waals surface area contributed by atoms with E-state index in [2.05, 4.69) is 5.43 Å². The van der Waals surface area contributed by atoms with Crippen LogP contribution in [0.2, 0.25) is 0 Å². The first-order valence-corrected chi connectivity index (χ1v) is 6.41. The minimum absolute atomic E-state index is 0.0593. The fourth-order valence-corrected chi connectivity index (χ4v) is 1.53. The largest absolute Gasteiger partial charge is 0.378 e. The van der Waals surface area contributed by atoms with Crippen LogP contribution in [0.25, 0.3) is 0 Å². The summed E-state index contributed by atoms with van der Waals surface area (Å²) in [6, 6.07) is 13.3. The highest BCUT2D eigenvalue weighted by atomic mass is 16.6. The van der Waals surface area contributed by atoms with Crippen molar-refractivity contribution in [2.24, 2.45) is 5.84 Å². The third-order valence-corrected chi connectivity index (χ3v) is 2.79. The Morgan fingerprint density at radius 2 is 1.64 bits per heavy atom. The number of carbonyl (C=O) groups excluding carboxylic acids is 1. The van der Waals surface area contributed by atoms with Crippen molar-refractivity contribution in [3.63, 3.8) is 0 Å². The molecule has 116 valence electrons. The summed E-state index contributed by atoms with van der Waals surface area (Å²) < 4.78 is 0. The van der Waals surface area contributed by atoms with Gasteiger partial charge in [-0.2, -0.15) is 0 Å². The Morgan fingerprint density at radius 3 is 2.00 bits per heavy atom. The summed E-state index contributed by atoms with van der Waals surface area (Å²) in [5, 5.41) is 10.2. The van der Waals surface area contributed by atoms with E-state index in [1.165, 1.54) is 24.3 Å². The molecule has 0 aliphatic carbocycles. The lowest BCUT2D eigenvalue weighted by molar-refractivity contribution is -0.384. The van der Waals surface area contributed by atoms with Crippen molar-refractivity contribution in [3.05, 3.63) is 64.2 Å². The van der Waals surface area contributed by atoms with Gasteiger partial charge in [0.15, 0.2) is 0 Å². The number of hydrogen-bond donors (Lipinski definition) is 2. The van der Waals surface area contributed by atoms with Gasteiger partial charge >= 0.3 is 0 Å². The van der Waals surface area contributed by atoms with Gasteiger partial charge in [-0.15, -0.1) is 0 Å². The molecule has 7 heteroatoms. The molecule has 0 radical (unpaired) electrons. The third kappa shape index (κ3) is 5.22. The topological polar surface area (TPSA) is 102 Å². The third-order valence-electron chi connectivity index (χ3n) is 2.79. The Bertz CT molecular complexity index is 610. The fourth-order valence-electron chi connectivity index (χ4n) is 1.53. The SMILES string of the molecule is CN(C)c1ccc(C=O)cc1.NNc1ccc([N+](=O)[O-])cc1. The molecule has 0 heterocycles. The van der Waals surface area contributed by atoms with E-state index in [1.54, 1.807) is 0 Å². The molecule has 0 aliphatic heterocycles. The summed E-state index contributed by atoms with van der Waals surface area (Å²) in [5.74, 6) is 5.06. The number of nitrogen functional groups attached to an aromatic ring is 1. The van der Waals surface area contributed by atoms with E-state index in [0.717, 1.165) is 17.5 Å². The summed E-state index contributed by atoms with van der Waals surface area (Å²) in [6.45, 7) is 0. The number of nitrogens with zero attached hydrogens (tertiary/aromatic N) is 2. The van der Waals surface area contributed by atoms with Gasteiger partial charge in [0.2, 0.25) is 0 Å². The maximum atomic E-state index is 10.3. The highest BCUT2D eigenvalue weighted by Gasteiger charge is 2.01. The van der Waals surface area contributed by atoms with Crippen LogP contribution in [0.1, 0.15) is 10.4 Å². The van der Waals surface area contributed by atoms with Crippen molar-refractivity contribution in [1.29, 1.82) is 0 Å². The molecular formula is C15H18N4O3. The van der Waals surface area contributed by atoms with E-state index in [9.17, 15) is 14.9 Å². The second-order valence-electron chi connectivity index (χ2n) is 4.55. The van der Waals surface area contributed by atoms with Gasteiger partial charge in [-0.1, -0.05) is 0 Å². The van der Waals surface area contributed by atoms with E-state index >= 15 is 0 Å². The van der Waals surface area contributed by atoms with E-state index in [0.29, 0.717) is 5.69 Å². The number of anilines is 2. The van der Waals surface area contributed by atoms with Crippen LogP contribution in [0.15, 0.2) is 48.5 Å². The van der Waals surface area contributed by atoms with Gasteiger partial charge in [0.25, 0.3) is 5.69 Å². The standard InChI is InChI=1S/C9H11NO.C6H7N3O2/c1-10(2)9-5-3-8(7-11)4-6-9;7-8-5-1-3-6(4-2-5)9(10)11/h3-7H,1-2H3;1-4,8H,7H2. The predicted octanol–water partition coefficient (Wildman–Crippen LogP) is 2.45. The van der Waals surface area contributed by atoms with Crippen molar-refractivity contribution in [1.82, 2.24) is 0 Å². The zero-order chi connectivity index (χ0) is 16.5. The predicted molar refractivity (Wildman–Crippen MR) is 87.1 cm³/mol. The lowest BCUT2D eigenvalue weighted by Crippen LogP contribution is -2.08. The number of carbonyl (C=O) groups is 1. The molecule has 0 saturated heterocycles. The summed E-state index contributed by atoms with van der Waals surface area (Å²) in [5.41, 5.74) is 4.90. The first-order valence-electron chi connectivity index (χ1n) is 6.41. The van der Waals surface area contributed by atoms with Crippen LogP contribution in [-0.4, -0.2) is 25.3 Å². The molecule has 0 atom stereocenters. The number of hydrogen-bond acceptors (Lipinski definition) is 6. The molecule has 2 rings (SSSR count). The lowest BCUT2D eigenvalue weighted by Gasteiger charge is -2.11. The summed E-state index contributed by atoms with van der Waals surface area (Å²) in [7, 11) is 3.94. The summed E-state index contributed by atoms with van der Waals surface area (Å²) in [6.07, 6.45) is 0.847. The molecule has 0 bridgehead atoms. The Labute approximate surface area is 128 Å². The molecule has 0 aromatic heterocycles. The highest BCUT2D eigenvalue weighted by Crippen LogP contribution is 2.13. The first-order chi connectivity index (χ1) is 10.5.